The number of hydrogen-bond donors (Lipinski definition) is 1. The number of methoxy groups -OCH3 is 1. The normalized spacial score (nSPS) is 15.8. The van der Waals surface area contributed by atoms with E-state index in [1.807, 2.05) is 24.3 Å². The van der Waals surface area contributed by atoms with Gasteiger partial charge in [0.05, 0.1) is 7.11 Å². The first-order chi connectivity index (χ1) is 13.9. The van der Waals surface area contributed by atoms with Gasteiger partial charge in [-0.2, -0.15) is 0 Å². The molecule has 2 unspecified atom stereocenters. The molecule has 3 rings (SSSR count). The fraction of sp³-hybridized carbons (Fsp3) is 0.435. The summed E-state index contributed by atoms with van der Waals surface area (Å²) in [5.41, 5.74) is 1.74. The van der Waals surface area contributed by atoms with Gasteiger partial charge in [0.2, 0.25) is 0 Å². The minimum absolute atomic E-state index is 0.0360. The summed E-state index contributed by atoms with van der Waals surface area (Å²) in [5, 5.41) is 11.3. The number of carbonyl (C=O) groups is 1. The molecule has 0 bridgehead atoms. The SMILES string of the molecule is COc1cc(C(C)=O)ccc1OCC(O)CN(C1CC1)C(C)c1ccc(Cl)cc1. The number of nitrogens with zero attached hydrogens (tertiary/aromatic N) is 1. The van der Waals surface area contributed by atoms with Crippen LogP contribution >= 0.6 is 11.6 Å². The van der Waals surface area contributed by atoms with Crippen molar-refractivity contribution in [2.24, 2.45) is 0 Å². The number of aliphatic hydroxyl groups is 1. The topological polar surface area (TPSA) is 59.0 Å². The molecular formula is C23H28ClNO4. The number of aliphatic hydroxyl groups excluding tert-OH is 1. The molecule has 29 heavy (non-hydrogen) atoms. The molecule has 0 amide bonds. The lowest BCUT2D eigenvalue weighted by atomic mass is 10.1. The summed E-state index contributed by atoms with van der Waals surface area (Å²) >= 11 is 6.01. The van der Waals surface area contributed by atoms with Gasteiger partial charge in [0.15, 0.2) is 17.3 Å². The smallest absolute Gasteiger partial charge is 0.161 e. The summed E-state index contributed by atoms with van der Waals surface area (Å²) in [4.78, 5) is 13.9. The average molecular weight is 418 g/mol. The number of carbonyl (C=O) groups excluding carboxylic acids is 1. The third kappa shape index (κ3) is 5.72. The van der Waals surface area contributed by atoms with E-state index in [0.29, 0.717) is 29.6 Å². The number of ketones is 1. The van der Waals surface area contributed by atoms with Crippen LogP contribution in [0.15, 0.2) is 42.5 Å². The van der Waals surface area contributed by atoms with Crippen molar-refractivity contribution in [3.8, 4) is 11.5 Å². The van der Waals surface area contributed by atoms with Crippen LogP contribution in [-0.2, 0) is 0 Å². The summed E-state index contributed by atoms with van der Waals surface area (Å²) in [6, 6.07) is 13.6. The lowest BCUT2D eigenvalue weighted by Gasteiger charge is -2.31. The Labute approximate surface area is 177 Å². The van der Waals surface area contributed by atoms with Crippen LogP contribution in [0.1, 0.15) is 48.7 Å². The minimum Gasteiger partial charge on any atom is -0.493 e. The van der Waals surface area contributed by atoms with Crippen LogP contribution < -0.4 is 9.47 Å². The third-order valence-electron chi connectivity index (χ3n) is 5.29. The maximum absolute atomic E-state index is 11.5. The molecule has 1 saturated carbocycles. The molecule has 2 aromatic rings. The second-order valence-electron chi connectivity index (χ2n) is 7.54. The Morgan fingerprint density at radius 2 is 1.90 bits per heavy atom. The highest BCUT2D eigenvalue weighted by Gasteiger charge is 2.34. The van der Waals surface area contributed by atoms with Gasteiger partial charge >= 0.3 is 0 Å². The van der Waals surface area contributed by atoms with E-state index in [1.165, 1.54) is 19.6 Å². The molecule has 1 aliphatic rings. The number of hydrogen-bond acceptors (Lipinski definition) is 5. The van der Waals surface area contributed by atoms with Crippen molar-refractivity contribution < 1.29 is 19.4 Å². The lowest BCUT2D eigenvalue weighted by molar-refractivity contribution is 0.0501. The molecular weight excluding hydrogens is 390 g/mol. The summed E-state index contributed by atoms with van der Waals surface area (Å²) in [6.07, 6.45) is 1.64. The molecule has 0 saturated heterocycles. The van der Waals surface area contributed by atoms with Crippen LogP contribution in [0, 0.1) is 0 Å². The van der Waals surface area contributed by atoms with E-state index in [4.69, 9.17) is 21.1 Å². The zero-order valence-electron chi connectivity index (χ0n) is 17.1. The van der Waals surface area contributed by atoms with E-state index >= 15 is 0 Å². The summed E-state index contributed by atoms with van der Waals surface area (Å²) in [7, 11) is 1.53. The van der Waals surface area contributed by atoms with Gasteiger partial charge in [-0.1, -0.05) is 23.7 Å². The molecule has 1 N–H and O–H groups in total. The van der Waals surface area contributed by atoms with Crippen LogP contribution in [0.4, 0.5) is 0 Å². The van der Waals surface area contributed by atoms with Crippen LogP contribution in [0.2, 0.25) is 5.02 Å². The molecule has 0 spiro atoms. The van der Waals surface area contributed by atoms with E-state index in [0.717, 1.165) is 17.9 Å². The summed E-state index contributed by atoms with van der Waals surface area (Å²) in [5.74, 6) is 0.963. The number of ether oxygens (including phenoxy) is 2. The predicted molar refractivity (Wildman–Crippen MR) is 114 cm³/mol. The highest BCUT2D eigenvalue weighted by atomic mass is 35.5. The molecule has 0 aromatic heterocycles. The van der Waals surface area contributed by atoms with Crippen molar-refractivity contribution >= 4 is 17.4 Å². The molecule has 0 heterocycles. The Morgan fingerprint density at radius 1 is 1.21 bits per heavy atom. The zero-order chi connectivity index (χ0) is 21.0. The predicted octanol–water partition coefficient (Wildman–Crippen LogP) is 4.52. The molecule has 1 aliphatic carbocycles. The first-order valence-electron chi connectivity index (χ1n) is 9.90. The van der Waals surface area contributed by atoms with E-state index in [9.17, 15) is 9.90 Å². The van der Waals surface area contributed by atoms with Gasteiger partial charge in [0.25, 0.3) is 0 Å². The first kappa shape index (κ1) is 21.6. The fourth-order valence-corrected chi connectivity index (χ4v) is 3.58. The Bertz CT molecular complexity index is 835. The standard InChI is InChI=1S/C23H28ClNO4/c1-15(17-4-7-19(24)8-5-17)25(20-9-10-20)13-21(27)14-29-22-11-6-18(16(2)26)12-23(22)28-3/h4-8,11-12,15,20-21,27H,9-10,13-14H2,1-3H3. The van der Waals surface area contributed by atoms with Crippen LogP contribution in [0.5, 0.6) is 11.5 Å². The molecule has 5 nitrogen and oxygen atoms in total. The number of Topliss-reactive ketones (excluding diaryl/α,β-unsaturated/α-hetero) is 1. The Balaban J connectivity index is 1.62. The van der Waals surface area contributed by atoms with Crippen LogP contribution in [0.3, 0.4) is 0 Å². The van der Waals surface area contributed by atoms with Gasteiger partial charge < -0.3 is 14.6 Å². The average Bonchev–Trinajstić information content (AvgIpc) is 3.55. The van der Waals surface area contributed by atoms with E-state index < -0.39 is 6.10 Å². The second-order valence-corrected chi connectivity index (χ2v) is 7.98. The van der Waals surface area contributed by atoms with E-state index in [2.05, 4.69) is 11.8 Å². The molecule has 1 fully saturated rings. The van der Waals surface area contributed by atoms with Gasteiger partial charge in [-0.15, -0.1) is 0 Å². The molecule has 156 valence electrons. The molecule has 2 aromatic carbocycles. The maximum atomic E-state index is 11.5. The van der Waals surface area contributed by atoms with Crippen molar-refractivity contribution in [2.75, 3.05) is 20.3 Å². The minimum atomic E-state index is -0.650. The molecule has 0 aliphatic heterocycles. The maximum Gasteiger partial charge on any atom is 0.161 e. The van der Waals surface area contributed by atoms with E-state index in [-0.39, 0.29) is 18.4 Å². The largest absolute Gasteiger partial charge is 0.493 e. The van der Waals surface area contributed by atoms with Crippen molar-refractivity contribution in [1.29, 1.82) is 0 Å². The second kappa shape index (κ2) is 9.61. The van der Waals surface area contributed by atoms with Crippen molar-refractivity contribution in [2.45, 2.75) is 44.9 Å². The van der Waals surface area contributed by atoms with E-state index in [1.54, 1.807) is 18.2 Å². The monoisotopic (exact) mass is 417 g/mol. The molecule has 0 radical (unpaired) electrons. The fourth-order valence-electron chi connectivity index (χ4n) is 3.45. The van der Waals surface area contributed by atoms with Crippen molar-refractivity contribution in [1.82, 2.24) is 4.90 Å². The number of rotatable bonds is 10. The third-order valence-corrected chi connectivity index (χ3v) is 5.54. The highest BCUT2D eigenvalue weighted by Crippen LogP contribution is 2.35. The van der Waals surface area contributed by atoms with Gasteiger partial charge in [-0.3, -0.25) is 9.69 Å². The molecule has 6 heteroatoms. The van der Waals surface area contributed by atoms with Crippen LogP contribution in [0.25, 0.3) is 0 Å². The van der Waals surface area contributed by atoms with Gasteiger partial charge in [0, 0.05) is 29.2 Å². The van der Waals surface area contributed by atoms with Crippen molar-refractivity contribution in [3.63, 3.8) is 0 Å². The summed E-state index contributed by atoms with van der Waals surface area (Å²) in [6.45, 7) is 4.32. The quantitative estimate of drug-likeness (QED) is 0.576. The molecule has 2 atom stereocenters. The van der Waals surface area contributed by atoms with Gasteiger partial charge in [-0.05, 0) is 62.6 Å². The van der Waals surface area contributed by atoms with Gasteiger partial charge in [-0.25, -0.2) is 0 Å². The Morgan fingerprint density at radius 3 is 2.48 bits per heavy atom. The zero-order valence-corrected chi connectivity index (χ0v) is 17.9. The first-order valence-corrected chi connectivity index (χ1v) is 10.3. The van der Waals surface area contributed by atoms with Crippen molar-refractivity contribution in [3.05, 3.63) is 58.6 Å². The lowest BCUT2D eigenvalue weighted by Crippen LogP contribution is -2.38. The van der Waals surface area contributed by atoms with Gasteiger partial charge in [0.1, 0.15) is 12.7 Å². The highest BCUT2D eigenvalue weighted by molar-refractivity contribution is 6.30. The Hall–Kier alpha value is -2.08. The summed E-state index contributed by atoms with van der Waals surface area (Å²) < 4.78 is 11.1. The van der Waals surface area contributed by atoms with Crippen LogP contribution in [-0.4, -0.2) is 48.2 Å². The Kier molecular flexibility index (Phi) is 7.17. The number of benzene rings is 2. The number of halogens is 1.